The molecule has 0 aliphatic heterocycles. The van der Waals surface area contributed by atoms with Crippen LogP contribution in [0.4, 0.5) is 0 Å². The Bertz CT molecular complexity index is 1220. The van der Waals surface area contributed by atoms with Gasteiger partial charge in [0, 0.05) is 0 Å². The Hall–Kier alpha value is -2.20. The molecule has 0 saturated carbocycles. The van der Waals surface area contributed by atoms with Gasteiger partial charge in [0.25, 0.3) is 0 Å². The summed E-state index contributed by atoms with van der Waals surface area (Å²) in [5.74, 6) is 8.65. The maximum absolute atomic E-state index is 5.11. The van der Waals surface area contributed by atoms with E-state index in [0.29, 0.717) is 0 Å². The first-order valence-corrected chi connectivity index (χ1v) is 17.8. The van der Waals surface area contributed by atoms with Crippen molar-refractivity contribution in [3.8, 4) is 11.3 Å². The van der Waals surface area contributed by atoms with Crippen molar-refractivity contribution >= 4 is 39.3 Å². The zero-order chi connectivity index (χ0) is 20.9. The topological polar surface area (TPSA) is 25.8 Å². The SMILES string of the molecule is Cc1cc2ccc3c(-c4ccccc4)nc(C(C)C)nc3c2c(C)[c]1[Ge]([CH3])([CH3])[CH3]. The number of aryl methyl sites for hydroxylation is 2. The van der Waals surface area contributed by atoms with Gasteiger partial charge in [0.2, 0.25) is 0 Å². The molecular formula is C26H30GeN2. The van der Waals surface area contributed by atoms with E-state index in [9.17, 15) is 0 Å². The molecule has 148 valence electrons. The third-order valence-electron chi connectivity index (χ3n) is 5.75. The molecule has 0 N–H and O–H groups in total. The number of benzene rings is 3. The average Bonchev–Trinajstić information content (AvgIpc) is 2.66. The fourth-order valence-electron chi connectivity index (χ4n) is 4.70. The number of hydrogen-bond acceptors (Lipinski definition) is 2. The Labute approximate surface area is 176 Å². The molecule has 2 nitrogen and oxygen atoms in total. The molecule has 29 heavy (non-hydrogen) atoms. The summed E-state index contributed by atoms with van der Waals surface area (Å²) in [6, 6.07) is 17.3. The zero-order valence-corrected chi connectivity index (χ0v) is 20.7. The summed E-state index contributed by atoms with van der Waals surface area (Å²) >= 11 is -2.03. The molecule has 0 radical (unpaired) electrons. The molecule has 0 atom stereocenters. The van der Waals surface area contributed by atoms with Crippen LogP contribution in [0.2, 0.25) is 17.3 Å². The van der Waals surface area contributed by atoms with Crippen LogP contribution in [0.3, 0.4) is 0 Å². The number of rotatable bonds is 3. The molecule has 4 rings (SSSR count). The van der Waals surface area contributed by atoms with Gasteiger partial charge in [-0.1, -0.05) is 0 Å². The second kappa shape index (κ2) is 7.25. The van der Waals surface area contributed by atoms with E-state index in [4.69, 9.17) is 9.97 Å². The normalized spacial score (nSPS) is 12.3. The Morgan fingerprint density at radius 2 is 1.55 bits per heavy atom. The van der Waals surface area contributed by atoms with Crippen molar-refractivity contribution in [1.82, 2.24) is 9.97 Å². The number of hydrogen-bond donors (Lipinski definition) is 0. The first kappa shape index (κ1) is 20.1. The van der Waals surface area contributed by atoms with Gasteiger partial charge in [-0.2, -0.15) is 0 Å². The Kier molecular flexibility index (Phi) is 5.02. The van der Waals surface area contributed by atoms with Crippen LogP contribution in [-0.2, 0) is 0 Å². The predicted molar refractivity (Wildman–Crippen MR) is 129 cm³/mol. The van der Waals surface area contributed by atoms with Crippen LogP contribution in [0.1, 0.15) is 36.7 Å². The van der Waals surface area contributed by atoms with E-state index in [1.54, 1.807) is 4.40 Å². The predicted octanol–water partition coefficient (Wildman–Crippen LogP) is 6.74. The quantitative estimate of drug-likeness (QED) is 0.259. The van der Waals surface area contributed by atoms with Gasteiger partial charge < -0.3 is 0 Å². The standard InChI is InChI=1S/C26H30GeN2/c1-16(2)26-28-24(19-11-9-8-10-12-19)21-14-13-20-15-17(3)23(27(5,6)7)18(4)22(20)25(21)29-26/h8-16H,1-7H3. The second-order valence-electron chi connectivity index (χ2n) is 9.45. The summed E-state index contributed by atoms with van der Waals surface area (Å²) in [5.41, 5.74) is 6.15. The third kappa shape index (κ3) is 3.48. The van der Waals surface area contributed by atoms with Crippen molar-refractivity contribution < 1.29 is 0 Å². The van der Waals surface area contributed by atoms with Crippen LogP contribution in [0, 0.1) is 13.8 Å². The monoisotopic (exact) mass is 444 g/mol. The van der Waals surface area contributed by atoms with Gasteiger partial charge in [0.15, 0.2) is 0 Å². The van der Waals surface area contributed by atoms with Gasteiger partial charge in [0.1, 0.15) is 0 Å². The molecule has 0 aliphatic rings. The third-order valence-corrected chi connectivity index (χ3v) is 10.5. The summed E-state index contributed by atoms with van der Waals surface area (Å²) in [7, 11) is 0. The average molecular weight is 443 g/mol. The van der Waals surface area contributed by atoms with E-state index in [2.05, 4.69) is 93.5 Å². The molecule has 1 aromatic heterocycles. The Morgan fingerprint density at radius 3 is 2.17 bits per heavy atom. The van der Waals surface area contributed by atoms with Gasteiger partial charge >= 0.3 is 177 Å². The summed E-state index contributed by atoms with van der Waals surface area (Å²) in [4.78, 5) is 10.1. The first-order valence-electron chi connectivity index (χ1n) is 10.5. The van der Waals surface area contributed by atoms with Crippen LogP contribution in [0.5, 0.6) is 0 Å². The van der Waals surface area contributed by atoms with E-state index in [-0.39, 0.29) is 5.92 Å². The molecule has 0 aliphatic carbocycles. The van der Waals surface area contributed by atoms with Crippen molar-refractivity contribution in [1.29, 1.82) is 0 Å². The van der Waals surface area contributed by atoms with Gasteiger partial charge in [-0.05, 0) is 0 Å². The molecule has 4 aromatic rings. The molecule has 1 heterocycles. The van der Waals surface area contributed by atoms with Crippen molar-refractivity contribution in [2.24, 2.45) is 0 Å². The summed E-state index contributed by atoms with van der Waals surface area (Å²) < 4.78 is 1.61. The van der Waals surface area contributed by atoms with E-state index in [1.807, 2.05) is 0 Å². The van der Waals surface area contributed by atoms with Crippen LogP contribution in [0.25, 0.3) is 32.9 Å². The Morgan fingerprint density at radius 1 is 0.862 bits per heavy atom. The van der Waals surface area contributed by atoms with Crippen LogP contribution < -0.4 is 4.40 Å². The van der Waals surface area contributed by atoms with Gasteiger partial charge in [-0.25, -0.2) is 0 Å². The Balaban J connectivity index is 2.20. The maximum atomic E-state index is 5.11. The molecular weight excluding hydrogens is 413 g/mol. The zero-order valence-electron chi connectivity index (χ0n) is 18.6. The summed E-state index contributed by atoms with van der Waals surface area (Å²) in [6.07, 6.45) is 0. The number of fused-ring (bicyclic) bond motifs is 3. The minimum absolute atomic E-state index is 0.280. The van der Waals surface area contributed by atoms with Gasteiger partial charge in [-0.3, -0.25) is 0 Å². The second-order valence-corrected chi connectivity index (χ2v) is 19.9. The van der Waals surface area contributed by atoms with E-state index in [1.165, 1.54) is 21.9 Å². The van der Waals surface area contributed by atoms with Crippen LogP contribution >= 0.6 is 0 Å². The van der Waals surface area contributed by atoms with Crippen molar-refractivity contribution in [3.63, 3.8) is 0 Å². The first-order chi connectivity index (χ1) is 13.7. The number of aromatic nitrogens is 2. The summed E-state index contributed by atoms with van der Waals surface area (Å²) in [5, 5.41) is 3.74. The van der Waals surface area contributed by atoms with Gasteiger partial charge in [0.05, 0.1) is 0 Å². The van der Waals surface area contributed by atoms with Crippen LogP contribution in [0.15, 0.2) is 48.5 Å². The van der Waals surface area contributed by atoms with Gasteiger partial charge in [-0.15, -0.1) is 0 Å². The minimum atomic E-state index is -2.03. The molecule has 0 bridgehead atoms. The van der Waals surface area contributed by atoms with Crippen molar-refractivity contribution in [2.45, 2.75) is 50.9 Å². The summed E-state index contributed by atoms with van der Waals surface area (Å²) in [6.45, 7) is 8.93. The van der Waals surface area contributed by atoms with E-state index in [0.717, 1.165) is 28.0 Å². The van der Waals surface area contributed by atoms with E-state index >= 15 is 0 Å². The fraction of sp³-hybridized carbons (Fsp3) is 0.308. The van der Waals surface area contributed by atoms with Crippen molar-refractivity contribution in [3.05, 3.63) is 65.5 Å². The molecule has 0 saturated heterocycles. The molecule has 0 fully saturated rings. The molecule has 0 spiro atoms. The molecule has 0 unspecified atom stereocenters. The fourth-order valence-corrected chi connectivity index (χ4v) is 9.95. The number of nitrogens with zero attached hydrogens (tertiary/aromatic N) is 2. The molecule has 0 amide bonds. The van der Waals surface area contributed by atoms with Crippen LogP contribution in [-0.4, -0.2) is 23.2 Å². The molecule has 3 aromatic carbocycles. The van der Waals surface area contributed by atoms with E-state index < -0.39 is 13.3 Å². The van der Waals surface area contributed by atoms with Crippen molar-refractivity contribution in [2.75, 3.05) is 0 Å². The molecule has 3 heteroatoms.